The van der Waals surface area contributed by atoms with E-state index in [0.717, 1.165) is 32.4 Å². The van der Waals surface area contributed by atoms with Gasteiger partial charge in [-0.1, -0.05) is 6.92 Å². The monoisotopic (exact) mass is 201 g/mol. The average Bonchev–Trinajstić information content (AvgIpc) is 2.02. The van der Waals surface area contributed by atoms with E-state index < -0.39 is 0 Å². The molecule has 0 fully saturated rings. The Hall–Kier alpha value is -0.120. The lowest BCUT2D eigenvalue weighted by Gasteiger charge is -2.31. The van der Waals surface area contributed by atoms with Gasteiger partial charge in [0.05, 0.1) is 0 Å². The second kappa shape index (κ2) is 5.69. The minimum Gasteiger partial charge on any atom is -0.330 e. The molecule has 3 heteroatoms. The molecule has 1 unspecified atom stereocenters. The summed E-state index contributed by atoms with van der Waals surface area (Å²) in [6.07, 6.45) is 3.12. The molecule has 0 rings (SSSR count). The van der Waals surface area contributed by atoms with E-state index in [-0.39, 0.29) is 11.1 Å². The molecule has 5 N–H and O–H groups in total. The minimum atomic E-state index is -0.0790. The maximum atomic E-state index is 5.92. The molecule has 86 valence electrons. The second-order valence-electron chi connectivity index (χ2n) is 5.12. The Morgan fingerprint density at radius 2 is 1.71 bits per heavy atom. The molecule has 0 heterocycles. The fourth-order valence-corrected chi connectivity index (χ4v) is 1.40. The van der Waals surface area contributed by atoms with E-state index >= 15 is 0 Å². The highest BCUT2D eigenvalue weighted by atomic mass is 15.0. The number of hydrogen-bond acceptors (Lipinski definition) is 3. The Kier molecular flexibility index (Phi) is 5.64. The zero-order chi connectivity index (χ0) is 11.2. The molecule has 14 heavy (non-hydrogen) atoms. The first-order valence-electron chi connectivity index (χ1n) is 5.57. The lowest BCUT2D eigenvalue weighted by molar-refractivity contribution is 0.307. The zero-order valence-corrected chi connectivity index (χ0v) is 10.2. The third kappa shape index (κ3) is 6.35. The Morgan fingerprint density at radius 3 is 2.07 bits per heavy atom. The molecule has 0 aromatic heterocycles. The molecule has 0 bridgehead atoms. The first-order valence-corrected chi connectivity index (χ1v) is 5.57. The van der Waals surface area contributed by atoms with Crippen molar-refractivity contribution >= 4 is 0 Å². The van der Waals surface area contributed by atoms with Gasteiger partial charge >= 0.3 is 0 Å². The molecule has 1 atom stereocenters. The highest BCUT2D eigenvalue weighted by Crippen LogP contribution is 2.14. The van der Waals surface area contributed by atoms with Crippen LogP contribution in [0, 0.1) is 0 Å². The quantitative estimate of drug-likeness (QED) is 0.580. The van der Waals surface area contributed by atoms with Crippen molar-refractivity contribution in [1.82, 2.24) is 5.32 Å². The largest absolute Gasteiger partial charge is 0.330 e. The molecule has 0 radical (unpaired) electrons. The van der Waals surface area contributed by atoms with Crippen molar-refractivity contribution in [2.75, 3.05) is 13.1 Å². The second-order valence-corrected chi connectivity index (χ2v) is 5.12. The molecule has 3 nitrogen and oxygen atoms in total. The van der Waals surface area contributed by atoms with Crippen molar-refractivity contribution in [3.63, 3.8) is 0 Å². The summed E-state index contributed by atoms with van der Waals surface area (Å²) in [5, 5.41) is 3.54. The van der Waals surface area contributed by atoms with E-state index in [1.807, 2.05) is 0 Å². The van der Waals surface area contributed by atoms with Crippen LogP contribution >= 0.6 is 0 Å². The van der Waals surface area contributed by atoms with E-state index in [1.54, 1.807) is 0 Å². The van der Waals surface area contributed by atoms with Crippen molar-refractivity contribution in [3.05, 3.63) is 0 Å². The van der Waals surface area contributed by atoms with Crippen LogP contribution in [0.5, 0.6) is 0 Å². The predicted molar refractivity (Wildman–Crippen MR) is 63.3 cm³/mol. The molecule has 0 aromatic rings. The topological polar surface area (TPSA) is 64.1 Å². The van der Waals surface area contributed by atoms with Gasteiger partial charge in [0.15, 0.2) is 0 Å². The van der Waals surface area contributed by atoms with Gasteiger partial charge in [0.2, 0.25) is 0 Å². The standard InChI is InChI=1S/C11H27N3/c1-5-11(4,6-8-12)14-9-7-10(2,3)13/h14H,5-9,12-13H2,1-4H3. The van der Waals surface area contributed by atoms with Crippen molar-refractivity contribution in [1.29, 1.82) is 0 Å². The van der Waals surface area contributed by atoms with E-state index in [9.17, 15) is 0 Å². The average molecular weight is 201 g/mol. The van der Waals surface area contributed by atoms with Crippen LogP contribution in [0.2, 0.25) is 0 Å². The summed E-state index contributed by atoms with van der Waals surface area (Å²) in [5.74, 6) is 0. The molecule has 0 aliphatic carbocycles. The Balaban J connectivity index is 3.84. The third-order valence-corrected chi connectivity index (χ3v) is 2.80. The molecule has 0 aliphatic rings. The lowest BCUT2D eigenvalue weighted by atomic mass is 9.93. The van der Waals surface area contributed by atoms with E-state index in [0.29, 0.717) is 0 Å². The fourth-order valence-electron chi connectivity index (χ4n) is 1.40. The number of hydrogen-bond donors (Lipinski definition) is 3. The van der Waals surface area contributed by atoms with Crippen LogP contribution in [-0.4, -0.2) is 24.2 Å². The van der Waals surface area contributed by atoms with Crippen LogP contribution in [0.1, 0.15) is 47.0 Å². The highest BCUT2D eigenvalue weighted by Gasteiger charge is 2.20. The third-order valence-electron chi connectivity index (χ3n) is 2.80. The molecular weight excluding hydrogens is 174 g/mol. The normalized spacial score (nSPS) is 16.7. The van der Waals surface area contributed by atoms with E-state index in [2.05, 4.69) is 33.0 Å². The van der Waals surface area contributed by atoms with E-state index in [1.165, 1.54) is 0 Å². The van der Waals surface area contributed by atoms with Crippen molar-refractivity contribution in [2.24, 2.45) is 11.5 Å². The number of nitrogens with one attached hydrogen (secondary N) is 1. The van der Waals surface area contributed by atoms with Crippen LogP contribution < -0.4 is 16.8 Å². The molecule has 0 amide bonds. The van der Waals surface area contributed by atoms with Crippen molar-refractivity contribution in [2.45, 2.75) is 58.0 Å². The maximum Gasteiger partial charge on any atom is 0.0162 e. The summed E-state index contributed by atoms with van der Waals surface area (Å²) in [4.78, 5) is 0. The Morgan fingerprint density at radius 1 is 1.14 bits per heavy atom. The van der Waals surface area contributed by atoms with Crippen LogP contribution in [0.4, 0.5) is 0 Å². The highest BCUT2D eigenvalue weighted by molar-refractivity contribution is 4.83. The first-order chi connectivity index (χ1) is 6.33. The zero-order valence-electron chi connectivity index (χ0n) is 10.2. The molecular formula is C11H27N3. The van der Waals surface area contributed by atoms with Crippen molar-refractivity contribution < 1.29 is 0 Å². The first kappa shape index (κ1) is 13.9. The van der Waals surface area contributed by atoms with Gasteiger partial charge in [-0.2, -0.15) is 0 Å². The molecule has 0 saturated heterocycles. The molecule has 0 aromatic carbocycles. The summed E-state index contributed by atoms with van der Waals surface area (Å²) >= 11 is 0. The van der Waals surface area contributed by atoms with Gasteiger partial charge in [-0.15, -0.1) is 0 Å². The van der Waals surface area contributed by atoms with Gasteiger partial charge in [-0.05, 0) is 53.1 Å². The van der Waals surface area contributed by atoms with E-state index in [4.69, 9.17) is 11.5 Å². The summed E-state index contributed by atoms with van der Waals surface area (Å²) in [5.41, 5.74) is 11.6. The summed E-state index contributed by atoms with van der Waals surface area (Å²) in [6.45, 7) is 10.2. The Bertz CT molecular complexity index is 151. The van der Waals surface area contributed by atoms with Crippen LogP contribution in [0.25, 0.3) is 0 Å². The van der Waals surface area contributed by atoms with Crippen molar-refractivity contribution in [3.8, 4) is 0 Å². The summed E-state index contributed by atoms with van der Waals surface area (Å²) < 4.78 is 0. The molecule has 0 saturated carbocycles. The Labute approximate surface area is 88.6 Å². The number of rotatable bonds is 7. The summed E-state index contributed by atoms with van der Waals surface area (Å²) in [6, 6.07) is 0. The lowest BCUT2D eigenvalue weighted by Crippen LogP contribution is -2.46. The van der Waals surface area contributed by atoms with Gasteiger partial charge < -0.3 is 16.8 Å². The smallest absolute Gasteiger partial charge is 0.0162 e. The van der Waals surface area contributed by atoms with Gasteiger partial charge in [0.25, 0.3) is 0 Å². The van der Waals surface area contributed by atoms with Crippen LogP contribution in [0.3, 0.4) is 0 Å². The minimum absolute atomic E-state index is 0.0790. The van der Waals surface area contributed by atoms with Crippen LogP contribution in [-0.2, 0) is 0 Å². The number of nitrogens with two attached hydrogens (primary N) is 2. The molecule has 0 aliphatic heterocycles. The fraction of sp³-hybridized carbons (Fsp3) is 1.00. The van der Waals surface area contributed by atoms with Gasteiger partial charge in [0.1, 0.15) is 0 Å². The molecule has 0 spiro atoms. The SMILES string of the molecule is CCC(C)(CCN)NCCC(C)(C)N. The predicted octanol–water partition coefficient (Wildman–Crippen LogP) is 1.22. The van der Waals surface area contributed by atoms with Crippen LogP contribution in [0.15, 0.2) is 0 Å². The summed E-state index contributed by atoms with van der Waals surface area (Å²) in [7, 11) is 0. The van der Waals surface area contributed by atoms with Gasteiger partial charge in [0, 0.05) is 11.1 Å². The van der Waals surface area contributed by atoms with Gasteiger partial charge in [-0.3, -0.25) is 0 Å². The maximum absolute atomic E-state index is 5.92. The van der Waals surface area contributed by atoms with Gasteiger partial charge in [-0.25, -0.2) is 0 Å².